The van der Waals surface area contributed by atoms with Gasteiger partial charge in [0, 0.05) is 47.0 Å². The third-order valence-corrected chi connectivity index (χ3v) is 5.57. The SMILES string of the molecule is O=C(c1cccc(Br)c1)N1CCN(c2nn3cnnc3c3ccccc23)CC1. The highest BCUT2D eigenvalue weighted by molar-refractivity contribution is 9.10. The molecule has 0 radical (unpaired) electrons. The maximum absolute atomic E-state index is 12.8. The van der Waals surface area contributed by atoms with E-state index in [0.717, 1.165) is 39.8 Å². The van der Waals surface area contributed by atoms with Crippen LogP contribution < -0.4 is 4.90 Å². The Kier molecular flexibility index (Phi) is 4.20. The fourth-order valence-corrected chi connectivity index (χ4v) is 4.07. The Morgan fingerprint density at radius 2 is 1.75 bits per heavy atom. The van der Waals surface area contributed by atoms with Crippen molar-refractivity contribution in [3.05, 3.63) is 64.9 Å². The average Bonchev–Trinajstić information content (AvgIpc) is 3.22. The summed E-state index contributed by atoms with van der Waals surface area (Å²) in [5, 5.41) is 15.0. The molecule has 7 nitrogen and oxygen atoms in total. The fourth-order valence-electron chi connectivity index (χ4n) is 3.67. The highest BCUT2D eigenvalue weighted by Crippen LogP contribution is 2.27. The highest BCUT2D eigenvalue weighted by Gasteiger charge is 2.24. The molecule has 0 bridgehead atoms. The number of benzene rings is 2. The van der Waals surface area contributed by atoms with Crippen molar-refractivity contribution in [1.29, 1.82) is 0 Å². The Morgan fingerprint density at radius 3 is 2.54 bits per heavy atom. The lowest BCUT2D eigenvalue weighted by Gasteiger charge is -2.35. The molecule has 0 saturated carbocycles. The van der Waals surface area contributed by atoms with Gasteiger partial charge < -0.3 is 9.80 Å². The van der Waals surface area contributed by atoms with Crippen molar-refractivity contribution in [1.82, 2.24) is 24.7 Å². The Bertz CT molecular complexity index is 1180. The molecule has 1 fully saturated rings. The Balaban J connectivity index is 1.42. The minimum Gasteiger partial charge on any atom is -0.351 e. The van der Waals surface area contributed by atoms with Crippen LogP contribution in [-0.4, -0.2) is 56.8 Å². The number of hydrogen-bond acceptors (Lipinski definition) is 5. The van der Waals surface area contributed by atoms with E-state index in [4.69, 9.17) is 5.10 Å². The van der Waals surface area contributed by atoms with Crippen LogP contribution in [0.3, 0.4) is 0 Å². The van der Waals surface area contributed by atoms with Gasteiger partial charge in [-0.1, -0.05) is 46.3 Å². The van der Waals surface area contributed by atoms with Crippen LogP contribution in [0, 0.1) is 0 Å². The number of rotatable bonds is 2. The van der Waals surface area contributed by atoms with E-state index in [0.29, 0.717) is 18.7 Å². The fraction of sp³-hybridized carbons (Fsp3) is 0.200. The summed E-state index contributed by atoms with van der Waals surface area (Å²) >= 11 is 3.43. The summed E-state index contributed by atoms with van der Waals surface area (Å²) in [6.07, 6.45) is 1.62. The van der Waals surface area contributed by atoms with E-state index in [1.807, 2.05) is 47.4 Å². The van der Waals surface area contributed by atoms with Crippen LogP contribution in [0.5, 0.6) is 0 Å². The average molecular weight is 437 g/mol. The molecule has 1 amide bonds. The zero-order valence-corrected chi connectivity index (χ0v) is 16.6. The number of aromatic nitrogens is 4. The quantitative estimate of drug-likeness (QED) is 0.483. The molecule has 0 unspecified atom stereocenters. The number of hydrogen-bond donors (Lipinski definition) is 0. The molecule has 0 aliphatic carbocycles. The van der Waals surface area contributed by atoms with Gasteiger partial charge in [-0.05, 0) is 18.2 Å². The summed E-state index contributed by atoms with van der Waals surface area (Å²) in [6.45, 7) is 2.76. The zero-order chi connectivity index (χ0) is 19.1. The van der Waals surface area contributed by atoms with Crippen molar-refractivity contribution >= 4 is 44.1 Å². The van der Waals surface area contributed by atoms with E-state index in [2.05, 4.69) is 37.1 Å². The van der Waals surface area contributed by atoms with Crippen molar-refractivity contribution < 1.29 is 4.79 Å². The second-order valence-corrected chi connectivity index (χ2v) is 7.67. The number of carbonyl (C=O) groups excluding carboxylic acids is 1. The lowest BCUT2D eigenvalue weighted by Crippen LogP contribution is -2.49. The highest BCUT2D eigenvalue weighted by atomic mass is 79.9. The van der Waals surface area contributed by atoms with Gasteiger partial charge in [-0.2, -0.15) is 4.52 Å². The van der Waals surface area contributed by atoms with Gasteiger partial charge in [-0.25, -0.2) is 0 Å². The van der Waals surface area contributed by atoms with E-state index < -0.39 is 0 Å². The molecule has 4 aromatic rings. The van der Waals surface area contributed by atoms with Gasteiger partial charge >= 0.3 is 0 Å². The minimum atomic E-state index is 0.0630. The molecule has 2 aromatic carbocycles. The number of amides is 1. The van der Waals surface area contributed by atoms with Gasteiger partial charge in [-0.15, -0.1) is 15.3 Å². The molecular weight excluding hydrogens is 420 g/mol. The van der Waals surface area contributed by atoms with Crippen LogP contribution in [0.4, 0.5) is 5.82 Å². The first-order valence-electron chi connectivity index (χ1n) is 9.09. The van der Waals surface area contributed by atoms with Crippen molar-refractivity contribution in [2.45, 2.75) is 0 Å². The molecule has 2 aromatic heterocycles. The largest absolute Gasteiger partial charge is 0.351 e. The lowest BCUT2D eigenvalue weighted by atomic mass is 10.1. The van der Waals surface area contributed by atoms with Crippen LogP contribution >= 0.6 is 15.9 Å². The molecule has 0 N–H and O–H groups in total. The van der Waals surface area contributed by atoms with E-state index in [1.165, 1.54) is 0 Å². The first kappa shape index (κ1) is 17.1. The third-order valence-electron chi connectivity index (χ3n) is 5.08. The molecular formula is C20H17BrN6O. The Labute approximate surface area is 169 Å². The molecule has 1 saturated heterocycles. The van der Waals surface area contributed by atoms with E-state index in [-0.39, 0.29) is 5.91 Å². The normalized spacial score (nSPS) is 14.8. The maximum atomic E-state index is 12.8. The summed E-state index contributed by atoms with van der Waals surface area (Å²) in [5.41, 5.74) is 1.46. The van der Waals surface area contributed by atoms with Gasteiger partial charge in [0.1, 0.15) is 6.33 Å². The van der Waals surface area contributed by atoms with Crippen LogP contribution in [-0.2, 0) is 0 Å². The summed E-state index contributed by atoms with van der Waals surface area (Å²) in [4.78, 5) is 16.9. The predicted molar refractivity (Wildman–Crippen MR) is 111 cm³/mol. The minimum absolute atomic E-state index is 0.0630. The topological polar surface area (TPSA) is 66.6 Å². The van der Waals surface area contributed by atoms with Crippen LogP contribution in [0.15, 0.2) is 59.3 Å². The number of anilines is 1. The van der Waals surface area contributed by atoms with E-state index in [9.17, 15) is 4.79 Å². The van der Waals surface area contributed by atoms with Gasteiger partial charge in [-0.3, -0.25) is 4.79 Å². The molecule has 8 heteroatoms. The van der Waals surface area contributed by atoms with Crippen LogP contribution in [0.25, 0.3) is 16.4 Å². The van der Waals surface area contributed by atoms with Crippen molar-refractivity contribution in [3.63, 3.8) is 0 Å². The monoisotopic (exact) mass is 436 g/mol. The Morgan fingerprint density at radius 1 is 0.964 bits per heavy atom. The molecule has 28 heavy (non-hydrogen) atoms. The maximum Gasteiger partial charge on any atom is 0.254 e. The lowest BCUT2D eigenvalue weighted by molar-refractivity contribution is 0.0746. The summed E-state index contributed by atoms with van der Waals surface area (Å²) in [6, 6.07) is 15.6. The second-order valence-electron chi connectivity index (χ2n) is 6.76. The number of carbonyl (C=O) groups is 1. The molecule has 1 aliphatic heterocycles. The zero-order valence-electron chi connectivity index (χ0n) is 15.0. The van der Waals surface area contributed by atoms with Gasteiger partial charge in [0.05, 0.1) is 0 Å². The van der Waals surface area contributed by atoms with Crippen LogP contribution in [0.1, 0.15) is 10.4 Å². The number of piperazine rings is 1. The molecule has 3 heterocycles. The summed E-state index contributed by atoms with van der Waals surface area (Å²) in [5.74, 6) is 0.963. The van der Waals surface area contributed by atoms with Crippen molar-refractivity contribution in [3.8, 4) is 0 Å². The first-order valence-corrected chi connectivity index (χ1v) is 9.88. The molecule has 0 atom stereocenters. The molecule has 0 spiro atoms. The predicted octanol–water partition coefficient (Wildman–Crippen LogP) is 3.00. The number of halogens is 1. The number of nitrogens with zero attached hydrogens (tertiary/aromatic N) is 6. The summed E-state index contributed by atoms with van der Waals surface area (Å²) in [7, 11) is 0. The standard InChI is InChI=1S/C20H17BrN6O/c21-15-5-3-4-14(12-15)20(28)26-10-8-25(9-11-26)19-17-7-2-1-6-16(17)18-23-22-13-27(18)24-19/h1-7,12-13H,8-11H2. The van der Waals surface area contributed by atoms with Crippen molar-refractivity contribution in [2.75, 3.05) is 31.1 Å². The molecule has 5 rings (SSSR count). The molecule has 1 aliphatic rings. The van der Waals surface area contributed by atoms with Gasteiger partial charge in [0.2, 0.25) is 0 Å². The number of fused-ring (bicyclic) bond motifs is 3. The smallest absolute Gasteiger partial charge is 0.254 e. The van der Waals surface area contributed by atoms with E-state index in [1.54, 1.807) is 10.8 Å². The van der Waals surface area contributed by atoms with Gasteiger partial charge in [0.15, 0.2) is 11.5 Å². The molecule has 140 valence electrons. The second kappa shape index (κ2) is 6.87. The Hall–Kier alpha value is -3.00. The first-order chi connectivity index (χ1) is 13.7. The third kappa shape index (κ3) is 2.90. The van der Waals surface area contributed by atoms with E-state index >= 15 is 0 Å². The van der Waals surface area contributed by atoms with Crippen molar-refractivity contribution in [2.24, 2.45) is 0 Å². The summed E-state index contributed by atoms with van der Waals surface area (Å²) < 4.78 is 2.63. The van der Waals surface area contributed by atoms with Gasteiger partial charge in [0.25, 0.3) is 5.91 Å². The van der Waals surface area contributed by atoms with Crippen LogP contribution in [0.2, 0.25) is 0 Å².